The Morgan fingerprint density at radius 3 is 3.26 bits per heavy atom. The van der Waals surface area contributed by atoms with Crippen molar-refractivity contribution in [3.05, 3.63) is 41.5 Å². The number of hydrogen-bond acceptors (Lipinski definition) is 5. The largest absolute Gasteiger partial charge is 0.308 e. The van der Waals surface area contributed by atoms with E-state index >= 15 is 0 Å². The van der Waals surface area contributed by atoms with Gasteiger partial charge in [-0.15, -0.1) is 0 Å². The van der Waals surface area contributed by atoms with E-state index in [2.05, 4.69) is 32.0 Å². The molecule has 19 heavy (non-hydrogen) atoms. The van der Waals surface area contributed by atoms with Crippen LogP contribution < -0.4 is 5.32 Å². The Bertz CT molecular complexity index is 526. The van der Waals surface area contributed by atoms with Gasteiger partial charge in [0.25, 0.3) is 0 Å². The van der Waals surface area contributed by atoms with Gasteiger partial charge >= 0.3 is 0 Å². The molecule has 0 saturated heterocycles. The van der Waals surface area contributed by atoms with Crippen molar-refractivity contribution in [1.29, 1.82) is 0 Å². The van der Waals surface area contributed by atoms with Gasteiger partial charge in [-0.05, 0) is 37.4 Å². The molecule has 0 amide bonds. The second-order valence-electron chi connectivity index (χ2n) is 4.96. The van der Waals surface area contributed by atoms with Crippen LogP contribution in [0.3, 0.4) is 0 Å². The summed E-state index contributed by atoms with van der Waals surface area (Å²) in [5.41, 5.74) is 3.69. The molecular weight excluding hydrogens is 256 g/mol. The fraction of sp³-hybridized carbons (Fsp3) is 0.500. The van der Waals surface area contributed by atoms with E-state index in [1.807, 2.05) is 18.5 Å². The van der Waals surface area contributed by atoms with Crippen molar-refractivity contribution in [2.75, 3.05) is 6.54 Å². The van der Waals surface area contributed by atoms with E-state index in [9.17, 15) is 0 Å². The van der Waals surface area contributed by atoms with Crippen molar-refractivity contribution in [1.82, 2.24) is 19.0 Å². The van der Waals surface area contributed by atoms with Gasteiger partial charge in [0.15, 0.2) is 0 Å². The molecule has 0 saturated carbocycles. The maximum Gasteiger partial charge on any atom is 0.0919 e. The number of rotatable bonds is 5. The van der Waals surface area contributed by atoms with Gasteiger partial charge in [-0.3, -0.25) is 4.98 Å². The molecule has 2 heterocycles. The fourth-order valence-corrected chi connectivity index (χ4v) is 3.29. The molecule has 2 aromatic rings. The number of pyridine rings is 1. The predicted molar refractivity (Wildman–Crippen MR) is 76.2 cm³/mol. The molecule has 5 heteroatoms. The van der Waals surface area contributed by atoms with Crippen molar-refractivity contribution in [2.45, 2.75) is 38.1 Å². The summed E-state index contributed by atoms with van der Waals surface area (Å²) in [6.45, 7) is 3.19. The average molecular weight is 274 g/mol. The zero-order valence-corrected chi connectivity index (χ0v) is 11.9. The van der Waals surface area contributed by atoms with Crippen LogP contribution in [0.2, 0.25) is 0 Å². The fourth-order valence-electron chi connectivity index (χ4n) is 2.83. The molecule has 2 atom stereocenters. The molecule has 0 bridgehead atoms. The summed E-state index contributed by atoms with van der Waals surface area (Å²) in [5.74, 6) is 0.423. The van der Waals surface area contributed by atoms with Gasteiger partial charge in [-0.25, -0.2) is 0 Å². The van der Waals surface area contributed by atoms with Crippen LogP contribution in [0.1, 0.15) is 48.7 Å². The summed E-state index contributed by atoms with van der Waals surface area (Å²) in [6.07, 6.45) is 7.17. The molecule has 0 aromatic carbocycles. The average Bonchev–Trinajstić information content (AvgIpc) is 3.09. The molecule has 3 rings (SSSR count). The van der Waals surface area contributed by atoms with Gasteiger partial charge in [-0.2, -0.15) is 8.75 Å². The first-order valence-electron chi connectivity index (χ1n) is 6.84. The molecule has 1 aliphatic carbocycles. The van der Waals surface area contributed by atoms with Gasteiger partial charge in [0, 0.05) is 17.8 Å². The smallest absolute Gasteiger partial charge is 0.0919 e. The Labute approximate surface area is 117 Å². The van der Waals surface area contributed by atoms with Crippen molar-refractivity contribution >= 4 is 11.7 Å². The lowest BCUT2D eigenvalue weighted by Crippen LogP contribution is -2.27. The van der Waals surface area contributed by atoms with Crippen molar-refractivity contribution in [2.24, 2.45) is 0 Å². The van der Waals surface area contributed by atoms with E-state index < -0.39 is 0 Å². The molecule has 100 valence electrons. The highest BCUT2D eigenvalue weighted by Crippen LogP contribution is 2.39. The summed E-state index contributed by atoms with van der Waals surface area (Å²) in [6, 6.07) is 4.47. The third-order valence-electron chi connectivity index (χ3n) is 3.72. The molecule has 0 spiro atoms. The zero-order chi connectivity index (χ0) is 13.1. The van der Waals surface area contributed by atoms with Crippen molar-refractivity contribution < 1.29 is 0 Å². The maximum absolute atomic E-state index is 4.59. The number of nitrogens with zero attached hydrogens (tertiary/aromatic N) is 3. The van der Waals surface area contributed by atoms with Crippen LogP contribution in [0.5, 0.6) is 0 Å². The first-order valence-corrected chi connectivity index (χ1v) is 7.57. The molecule has 2 aromatic heterocycles. The van der Waals surface area contributed by atoms with Gasteiger partial charge in [0.1, 0.15) is 0 Å². The van der Waals surface area contributed by atoms with Crippen molar-refractivity contribution in [3.63, 3.8) is 0 Å². The summed E-state index contributed by atoms with van der Waals surface area (Å²) in [7, 11) is 0. The first-order chi connectivity index (χ1) is 9.40. The van der Waals surface area contributed by atoms with Gasteiger partial charge < -0.3 is 5.32 Å². The summed E-state index contributed by atoms with van der Waals surface area (Å²) in [5, 5.41) is 3.62. The standard InChI is InChI=1S/C14H18N4S/c1-2-7-15-14(12-9-17-19-18-12)11-6-5-10-4-3-8-16-13(10)11/h3-4,8-9,11,14-15H,2,5-7H2,1H3. The topological polar surface area (TPSA) is 50.7 Å². The third kappa shape index (κ3) is 2.53. The van der Waals surface area contributed by atoms with Crippen LogP contribution in [0, 0.1) is 0 Å². The Morgan fingerprint density at radius 1 is 1.53 bits per heavy atom. The number of aromatic nitrogens is 3. The highest BCUT2D eigenvalue weighted by Gasteiger charge is 2.32. The van der Waals surface area contributed by atoms with Gasteiger partial charge in [0.2, 0.25) is 0 Å². The van der Waals surface area contributed by atoms with Crippen molar-refractivity contribution in [3.8, 4) is 0 Å². The lowest BCUT2D eigenvalue weighted by Gasteiger charge is -2.23. The first kappa shape index (κ1) is 12.7. The molecule has 4 nitrogen and oxygen atoms in total. The van der Waals surface area contributed by atoms with E-state index in [1.54, 1.807) is 0 Å². The molecule has 1 N–H and O–H groups in total. The summed E-state index contributed by atoms with van der Waals surface area (Å²) >= 11 is 1.28. The van der Waals surface area contributed by atoms with Crippen LogP contribution in [-0.4, -0.2) is 20.3 Å². The number of hydrogen-bond donors (Lipinski definition) is 1. The van der Waals surface area contributed by atoms with E-state index in [4.69, 9.17) is 0 Å². The van der Waals surface area contributed by atoms with E-state index in [1.165, 1.54) is 23.0 Å². The minimum Gasteiger partial charge on any atom is -0.308 e. The Kier molecular flexibility index (Phi) is 3.84. The Balaban J connectivity index is 1.89. The summed E-state index contributed by atoms with van der Waals surface area (Å²) < 4.78 is 8.58. The predicted octanol–water partition coefficient (Wildman–Crippen LogP) is 2.70. The molecule has 0 fully saturated rings. The van der Waals surface area contributed by atoms with Crippen LogP contribution >= 0.6 is 11.7 Å². The Morgan fingerprint density at radius 2 is 2.47 bits per heavy atom. The van der Waals surface area contributed by atoms with Crippen LogP contribution in [0.15, 0.2) is 24.5 Å². The number of fused-ring (bicyclic) bond motifs is 1. The van der Waals surface area contributed by atoms with Gasteiger partial charge in [0.05, 0.1) is 29.7 Å². The zero-order valence-electron chi connectivity index (χ0n) is 11.0. The third-order valence-corrected chi connectivity index (χ3v) is 4.21. The molecule has 1 aliphatic rings. The minimum atomic E-state index is 0.245. The number of nitrogens with one attached hydrogen (secondary N) is 1. The lowest BCUT2D eigenvalue weighted by molar-refractivity contribution is 0.431. The van der Waals surface area contributed by atoms with Crippen LogP contribution in [0.4, 0.5) is 0 Å². The van der Waals surface area contributed by atoms with E-state index in [0.717, 1.165) is 31.5 Å². The Hall–Kier alpha value is -1.33. The SMILES string of the molecule is CCCNC(c1cnsn1)C1CCc2cccnc21. The van der Waals surface area contributed by atoms with E-state index in [-0.39, 0.29) is 6.04 Å². The monoisotopic (exact) mass is 274 g/mol. The second kappa shape index (κ2) is 5.75. The lowest BCUT2D eigenvalue weighted by atomic mass is 9.94. The van der Waals surface area contributed by atoms with E-state index in [0.29, 0.717) is 5.92 Å². The highest BCUT2D eigenvalue weighted by atomic mass is 32.1. The minimum absolute atomic E-state index is 0.245. The molecule has 0 aliphatic heterocycles. The van der Waals surface area contributed by atoms with Gasteiger partial charge in [-0.1, -0.05) is 13.0 Å². The normalized spacial score (nSPS) is 19.3. The molecule has 0 radical (unpaired) electrons. The molecular formula is C14H18N4S. The highest BCUT2D eigenvalue weighted by molar-refractivity contribution is 6.99. The van der Waals surface area contributed by atoms with Crippen LogP contribution in [-0.2, 0) is 6.42 Å². The second-order valence-corrected chi connectivity index (χ2v) is 5.51. The number of aryl methyl sites for hydroxylation is 1. The van der Waals surface area contributed by atoms with Crippen LogP contribution in [0.25, 0.3) is 0 Å². The summed E-state index contributed by atoms with van der Waals surface area (Å²) in [4.78, 5) is 4.59. The molecule has 2 unspecified atom stereocenters. The quantitative estimate of drug-likeness (QED) is 0.911. The maximum atomic E-state index is 4.59.